The maximum absolute atomic E-state index is 4.75. The Kier molecular flexibility index (Phi) is 3.47. The Morgan fingerprint density at radius 2 is 1.82 bits per heavy atom. The van der Waals surface area contributed by atoms with Crippen molar-refractivity contribution in [3.8, 4) is 0 Å². The van der Waals surface area contributed by atoms with Crippen LogP contribution in [0.2, 0.25) is 0 Å². The number of anilines is 2. The van der Waals surface area contributed by atoms with Crippen molar-refractivity contribution in [3.05, 3.63) is 35.7 Å². The minimum absolute atomic E-state index is 0.0346. The van der Waals surface area contributed by atoms with Crippen LogP contribution in [0.15, 0.2) is 18.6 Å². The summed E-state index contributed by atoms with van der Waals surface area (Å²) in [5.74, 6) is 2.62. The van der Waals surface area contributed by atoms with Crippen LogP contribution in [0.4, 0.5) is 11.6 Å². The number of nitrogens with zero attached hydrogens (tertiary/aromatic N) is 6. The maximum Gasteiger partial charge on any atom is 0.150 e. The van der Waals surface area contributed by atoms with Crippen LogP contribution in [0.25, 0.3) is 0 Å². The highest BCUT2D eigenvalue weighted by Crippen LogP contribution is 2.28. The number of hydrogen-bond acceptors (Lipinski definition) is 6. The lowest BCUT2D eigenvalue weighted by molar-refractivity contribution is 0.541. The minimum atomic E-state index is -0.0346. The van der Waals surface area contributed by atoms with Gasteiger partial charge >= 0.3 is 0 Å². The van der Waals surface area contributed by atoms with Gasteiger partial charge in [0.2, 0.25) is 0 Å². The molecule has 3 heterocycles. The molecule has 0 fully saturated rings. The van der Waals surface area contributed by atoms with Gasteiger partial charge in [-0.2, -0.15) is 0 Å². The molecule has 6 heteroatoms. The quantitative estimate of drug-likeness (QED) is 0.846. The van der Waals surface area contributed by atoms with E-state index in [9.17, 15) is 0 Å². The van der Waals surface area contributed by atoms with E-state index in [0.29, 0.717) is 0 Å². The Bertz CT molecular complexity index is 689. The summed E-state index contributed by atoms with van der Waals surface area (Å²) < 4.78 is 0. The largest absolute Gasteiger partial charge is 0.361 e. The van der Waals surface area contributed by atoms with Gasteiger partial charge in [0.1, 0.15) is 17.5 Å². The molecule has 0 aromatic carbocycles. The van der Waals surface area contributed by atoms with Gasteiger partial charge in [0.15, 0.2) is 0 Å². The number of aromatic nitrogens is 4. The van der Waals surface area contributed by atoms with Crippen LogP contribution in [0.5, 0.6) is 0 Å². The summed E-state index contributed by atoms with van der Waals surface area (Å²) in [6.07, 6.45) is 5.52. The second-order valence-corrected chi connectivity index (χ2v) is 6.90. The average molecular weight is 298 g/mol. The summed E-state index contributed by atoms with van der Waals surface area (Å²) >= 11 is 0. The molecule has 0 unspecified atom stereocenters. The van der Waals surface area contributed by atoms with E-state index in [2.05, 4.69) is 40.6 Å². The molecule has 0 saturated heterocycles. The van der Waals surface area contributed by atoms with Crippen molar-refractivity contribution in [2.24, 2.45) is 0 Å². The van der Waals surface area contributed by atoms with Crippen LogP contribution in [-0.2, 0) is 18.5 Å². The molecule has 1 aliphatic heterocycles. The number of fused-ring (bicyclic) bond motifs is 1. The van der Waals surface area contributed by atoms with E-state index in [4.69, 9.17) is 4.98 Å². The monoisotopic (exact) mass is 298 g/mol. The maximum atomic E-state index is 4.75. The van der Waals surface area contributed by atoms with E-state index in [1.54, 1.807) is 12.4 Å². The standard InChI is InChI=1S/C16H22N6/c1-16(2,3)15-18-6-11-9-22(10-12(11)19-15)14-8-17-7-13(20-14)21(4)5/h6-8H,9-10H2,1-5H3. The summed E-state index contributed by atoms with van der Waals surface area (Å²) in [6, 6.07) is 0. The van der Waals surface area contributed by atoms with Crippen LogP contribution in [0.3, 0.4) is 0 Å². The summed E-state index contributed by atoms with van der Waals surface area (Å²) in [5.41, 5.74) is 2.23. The molecule has 0 atom stereocenters. The van der Waals surface area contributed by atoms with Crippen molar-refractivity contribution in [2.45, 2.75) is 39.3 Å². The normalized spacial score (nSPS) is 14.1. The SMILES string of the molecule is CN(C)c1cncc(N2Cc3cnc(C(C)(C)C)nc3C2)n1. The van der Waals surface area contributed by atoms with Gasteiger partial charge in [-0.25, -0.2) is 15.0 Å². The van der Waals surface area contributed by atoms with Crippen molar-refractivity contribution in [3.63, 3.8) is 0 Å². The van der Waals surface area contributed by atoms with E-state index >= 15 is 0 Å². The van der Waals surface area contributed by atoms with Gasteiger partial charge in [-0.15, -0.1) is 0 Å². The molecule has 0 saturated carbocycles. The minimum Gasteiger partial charge on any atom is -0.361 e. The third kappa shape index (κ3) is 2.73. The fraction of sp³-hybridized carbons (Fsp3) is 0.500. The average Bonchev–Trinajstić information content (AvgIpc) is 2.89. The predicted octanol–water partition coefficient (Wildman–Crippen LogP) is 2.15. The van der Waals surface area contributed by atoms with Crippen LogP contribution in [0, 0.1) is 0 Å². The highest BCUT2D eigenvalue weighted by molar-refractivity contribution is 5.48. The zero-order valence-corrected chi connectivity index (χ0v) is 13.8. The molecule has 0 amide bonds. The van der Waals surface area contributed by atoms with Crippen molar-refractivity contribution < 1.29 is 0 Å². The van der Waals surface area contributed by atoms with Gasteiger partial charge < -0.3 is 9.80 Å². The van der Waals surface area contributed by atoms with Crippen LogP contribution >= 0.6 is 0 Å². The second kappa shape index (κ2) is 5.19. The highest BCUT2D eigenvalue weighted by Gasteiger charge is 2.25. The molecule has 22 heavy (non-hydrogen) atoms. The molecule has 116 valence electrons. The first-order valence-corrected chi connectivity index (χ1v) is 7.44. The molecule has 0 aliphatic carbocycles. The first kappa shape index (κ1) is 14.7. The lowest BCUT2D eigenvalue weighted by atomic mass is 9.95. The number of rotatable bonds is 2. The molecule has 6 nitrogen and oxygen atoms in total. The van der Waals surface area contributed by atoms with E-state index in [1.165, 1.54) is 5.56 Å². The molecule has 0 N–H and O–H groups in total. The first-order valence-electron chi connectivity index (χ1n) is 7.44. The second-order valence-electron chi connectivity index (χ2n) is 6.90. The molecule has 3 rings (SSSR count). The first-order chi connectivity index (χ1) is 10.3. The summed E-state index contributed by atoms with van der Waals surface area (Å²) in [7, 11) is 3.93. The zero-order valence-electron chi connectivity index (χ0n) is 13.8. The Labute approximate surface area is 131 Å². The molecule has 0 bridgehead atoms. The van der Waals surface area contributed by atoms with E-state index in [0.717, 1.165) is 36.2 Å². The van der Waals surface area contributed by atoms with Crippen molar-refractivity contribution in [1.82, 2.24) is 19.9 Å². The van der Waals surface area contributed by atoms with Crippen molar-refractivity contribution in [2.75, 3.05) is 23.9 Å². The van der Waals surface area contributed by atoms with Crippen LogP contribution in [0.1, 0.15) is 37.9 Å². The van der Waals surface area contributed by atoms with E-state index < -0.39 is 0 Å². The topological polar surface area (TPSA) is 58.0 Å². The van der Waals surface area contributed by atoms with Gasteiger partial charge in [-0.3, -0.25) is 4.98 Å². The Balaban J connectivity index is 1.87. The molecule has 0 radical (unpaired) electrons. The Morgan fingerprint density at radius 3 is 2.50 bits per heavy atom. The van der Waals surface area contributed by atoms with Gasteiger partial charge in [0, 0.05) is 37.8 Å². The van der Waals surface area contributed by atoms with Crippen LogP contribution in [-0.4, -0.2) is 34.0 Å². The molecular weight excluding hydrogens is 276 g/mol. The summed E-state index contributed by atoms with van der Waals surface area (Å²) in [4.78, 5) is 22.3. The molecule has 2 aromatic rings. The predicted molar refractivity (Wildman–Crippen MR) is 87.0 cm³/mol. The molecule has 0 spiro atoms. The molecular formula is C16H22N6. The lowest BCUT2D eigenvalue weighted by Crippen LogP contribution is -2.19. The smallest absolute Gasteiger partial charge is 0.150 e. The lowest BCUT2D eigenvalue weighted by Gasteiger charge is -2.18. The van der Waals surface area contributed by atoms with E-state index in [-0.39, 0.29) is 5.41 Å². The van der Waals surface area contributed by atoms with E-state index in [1.807, 2.05) is 25.2 Å². The summed E-state index contributed by atoms with van der Waals surface area (Å²) in [6.45, 7) is 7.94. The van der Waals surface area contributed by atoms with Gasteiger partial charge in [-0.1, -0.05) is 20.8 Å². The van der Waals surface area contributed by atoms with Gasteiger partial charge in [0.05, 0.1) is 24.6 Å². The Hall–Kier alpha value is -2.24. The van der Waals surface area contributed by atoms with Crippen molar-refractivity contribution >= 4 is 11.6 Å². The fourth-order valence-corrected chi connectivity index (χ4v) is 2.39. The van der Waals surface area contributed by atoms with Crippen LogP contribution < -0.4 is 9.80 Å². The van der Waals surface area contributed by atoms with Crippen molar-refractivity contribution in [1.29, 1.82) is 0 Å². The zero-order chi connectivity index (χ0) is 15.9. The third-order valence-corrected chi connectivity index (χ3v) is 3.72. The van der Waals surface area contributed by atoms with Gasteiger partial charge in [-0.05, 0) is 0 Å². The number of hydrogen-bond donors (Lipinski definition) is 0. The summed E-state index contributed by atoms with van der Waals surface area (Å²) in [5, 5.41) is 0. The Morgan fingerprint density at radius 1 is 1.05 bits per heavy atom. The van der Waals surface area contributed by atoms with Gasteiger partial charge in [0.25, 0.3) is 0 Å². The molecule has 1 aliphatic rings. The fourth-order valence-electron chi connectivity index (χ4n) is 2.39. The highest BCUT2D eigenvalue weighted by atomic mass is 15.3. The third-order valence-electron chi connectivity index (χ3n) is 3.72. The molecule has 2 aromatic heterocycles.